The third-order valence-corrected chi connectivity index (χ3v) is 7.11. The second-order valence-electron chi connectivity index (χ2n) is 8.35. The lowest BCUT2D eigenvalue weighted by Crippen LogP contribution is -2.38. The van der Waals surface area contributed by atoms with Gasteiger partial charge in [-0.05, 0) is 74.5 Å². The molecule has 0 aliphatic heterocycles. The van der Waals surface area contributed by atoms with Gasteiger partial charge in [-0.3, -0.25) is 9.69 Å². The van der Waals surface area contributed by atoms with Gasteiger partial charge in [-0.1, -0.05) is 55.5 Å². The fourth-order valence-corrected chi connectivity index (χ4v) is 5.06. The van der Waals surface area contributed by atoms with E-state index in [1.807, 2.05) is 59.5 Å². The Balaban J connectivity index is 1.67. The van der Waals surface area contributed by atoms with E-state index < -0.39 is 0 Å². The molecule has 0 atom stereocenters. The van der Waals surface area contributed by atoms with Crippen molar-refractivity contribution in [2.24, 2.45) is 0 Å². The van der Waals surface area contributed by atoms with Gasteiger partial charge < -0.3 is 9.64 Å². The van der Waals surface area contributed by atoms with Gasteiger partial charge in [-0.25, -0.2) is 4.98 Å². The van der Waals surface area contributed by atoms with Crippen LogP contribution in [0.3, 0.4) is 0 Å². The average molecular weight is 474 g/mol. The fraction of sp³-hybridized carbons (Fsp3) is 0.286. The summed E-state index contributed by atoms with van der Waals surface area (Å²) in [6, 6.07) is 21.2. The van der Waals surface area contributed by atoms with Gasteiger partial charge in [0.1, 0.15) is 11.5 Å². The molecule has 0 bridgehead atoms. The lowest BCUT2D eigenvalue weighted by atomic mass is 10.1. The minimum Gasteiger partial charge on any atom is -0.457 e. The summed E-state index contributed by atoms with van der Waals surface area (Å²) in [4.78, 5) is 22.8. The van der Waals surface area contributed by atoms with E-state index in [-0.39, 0.29) is 5.91 Å². The fourth-order valence-electron chi connectivity index (χ4n) is 4.02. The van der Waals surface area contributed by atoms with E-state index in [0.29, 0.717) is 17.9 Å². The van der Waals surface area contributed by atoms with Crippen LogP contribution in [0.25, 0.3) is 10.2 Å². The van der Waals surface area contributed by atoms with E-state index in [2.05, 4.69) is 44.7 Å². The number of amides is 1. The van der Waals surface area contributed by atoms with Crippen LogP contribution in [-0.2, 0) is 0 Å². The Hall–Kier alpha value is -3.22. The van der Waals surface area contributed by atoms with Crippen LogP contribution in [0.15, 0.2) is 66.7 Å². The number of aromatic nitrogens is 1. The van der Waals surface area contributed by atoms with E-state index >= 15 is 0 Å². The minimum atomic E-state index is -0.0703. The van der Waals surface area contributed by atoms with Crippen molar-refractivity contribution in [2.75, 3.05) is 31.1 Å². The van der Waals surface area contributed by atoms with Crippen LogP contribution in [0.5, 0.6) is 11.5 Å². The lowest BCUT2D eigenvalue weighted by Gasteiger charge is -2.25. The number of benzene rings is 3. The summed E-state index contributed by atoms with van der Waals surface area (Å²) in [6.07, 6.45) is 0. The molecule has 0 aliphatic carbocycles. The van der Waals surface area contributed by atoms with Crippen LogP contribution < -0.4 is 9.64 Å². The number of anilines is 1. The van der Waals surface area contributed by atoms with Gasteiger partial charge in [0, 0.05) is 18.7 Å². The first-order chi connectivity index (χ1) is 16.5. The highest BCUT2D eigenvalue weighted by Crippen LogP contribution is 2.33. The van der Waals surface area contributed by atoms with Crippen LogP contribution in [0.2, 0.25) is 0 Å². The summed E-state index contributed by atoms with van der Waals surface area (Å²) >= 11 is 1.58. The van der Waals surface area contributed by atoms with Crippen molar-refractivity contribution < 1.29 is 9.53 Å². The molecular weight excluding hydrogens is 442 g/mol. The van der Waals surface area contributed by atoms with Gasteiger partial charge in [0.2, 0.25) is 0 Å². The molecule has 176 valence electrons. The third kappa shape index (κ3) is 5.46. The number of rotatable bonds is 9. The number of fused-ring (bicyclic) bond motifs is 1. The molecule has 0 saturated carbocycles. The number of nitrogens with zero attached hydrogens (tertiary/aromatic N) is 3. The van der Waals surface area contributed by atoms with Crippen LogP contribution >= 0.6 is 11.3 Å². The molecule has 0 unspecified atom stereocenters. The zero-order valence-electron chi connectivity index (χ0n) is 20.2. The van der Waals surface area contributed by atoms with Crippen molar-refractivity contribution in [1.29, 1.82) is 0 Å². The molecule has 5 nitrogen and oxygen atoms in total. The normalized spacial score (nSPS) is 11.2. The van der Waals surface area contributed by atoms with Crippen molar-refractivity contribution >= 4 is 32.6 Å². The Labute approximate surface area is 205 Å². The molecule has 0 N–H and O–H groups in total. The number of para-hydroxylation sites is 1. The Bertz CT molecular complexity index is 1270. The largest absolute Gasteiger partial charge is 0.457 e. The van der Waals surface area contributed by atoms with Gasteiger partial charge >= 0.3 is 0 Å². The van der Waals surface area contributed by atoms with Crippen molar-refractivity contribution in [1.82, 2.24) is 9.88 Å². The minimum absolute atomic E-state index is 0.0703. The molecular formula is C28H31N3O2S. The maximum atomic E-state index is 13.8. The molecule has 1 aromatic heterocycles. The molecule has 0 saturated heterocycles. The third-order valence-electron chi connectivity index (χ3n) is 5.88. The van der Waals surface area contributed by atoms with Gasteiger partial charge in [-0.2, -0.15) is 0 Å². The van der Waals surface area contributed by atoms with Crippen molar-refractivity contribution in [3.63, 3.8) is 0 Å². The highest BCUT2D eigenvalue weighted by atomic mass is 32.1. The van der Waals surface area contributed by atoms with Crippen LogP contribution in [-0.4, -0.2) is 42.0 Å². The summed E-state index contributed by atoms with van der Waals surface area (Å²) < 4.78 is 7.10. The topological polar surface area (TPSA) is 45.7 Å². The van der Waals surface area contributed by atoms with E-state index in [1.54, 1.807) is 11.3 Å². The molecule has 4 aromatic rings. The number of ether oxygens (including phenoxy) is 1. The quantitative estimate of drug-likeness (QED) is 0.272. The van der Waals surface area contributed by atoms with E-state index in [4.69, 9.17) is 9.72 Å². The van der Waals surface area contributed by atoms with Crippen LogP contribution in [0.1, 0.15) is 35.3 Å². The number of hydrogen-bond acceptors (Lipinski definition) is 5. The highest BCUT2D eigenvalue weighted by molar-refractivity contribution is 7.22. The molecule has 0 fully saturated rings. The Morgan fingerprint density at radius 3 is 2.38 bits per heavy atom. The Kier molecular flexibility index (Phi) is 7.60. The second-order valence-corrected chi connectivity index (χ2v) is 9.33. The van der Waals surface area contributed by atoms with E-state index in [1.165, 1.54) is 11.1 Å². The highest BCUT2D eigenvalue weighted by Gasteiger charge is 2.23. The average Bonchev–Trinajstić information content (AvgIpc) is 3.26. The summed E-state index contributed by atoms with van der Waals surface area (Å²) in [7, 11) is 0. The summed E-state index contributed by atoms with van der Waals surface area (Å²) in [5.74, 6) is 1.30. The summed E-state index contributed by atoms with van der Waals surface area (Å²) in [5, 5.41) is 0.732. The number of likely N-dealkylation sites (N-methyl/N-ethyl adjacent to an activating group) is 1. The van der Waals surface area contributed by atoms with E-state index in [9.17, 15) is 4.79 Å². The predicted molar refractivity (Wildman–Crippen MR) is 142 cm³/mol. The number of aryl methyl sites for hydroxylation is 2. The molecule has 34 heavy (non-hydrogen) atoms. The molecule has 6 heteroatoms. The Morgan fingerprint density at radius 1 is 0.912 bits per heavy atom. The molecule has 0 aliphatic rings. The van der Waals surface area contributed by atoms with Crippen molar-refractivity contribution in [3.8, 4) is 11.5 Å². The number of carbonyl (C=O) groups is 1. The Morgan fingerprint density at radius 2 is 1.65 bits per heavy atom. The van der Waals surface area contributed by atoms with Gasteiger partial charge in [0.15, 0.2) is 5.13 Å². The van der Waals surface area contributed by atoms with Crippen molar-refractivity contribution in [3.05, 3.63) is 83.4 Å². The SMILES string of the molecule is CCN(CC)CCN(C(=O)c1cccc(Oc2ccccc2)c1)c1nc2cc(C)cc(C)c2s1. The molecule has 3 aromatic carbocycles. The monoisotopic (exact) mass is 473 g/mol. The second kappa shape index (κ2) is 10.8. The first-order valence-corrected chi connectivity index (χ1v) is 12.5. The predicted octanol–water partition coefficient (Wildman–Crippen LogP) is 6.69. The summed E-state index contributed by atoms with van der Waals surface area (Å²) in [6.45, 7) is 11.7. The zero-order valence-corrected chi connectivity index (χ0v) is 21.1. The van der Waals surface area contributed by atoms with Gasteiger partial charge in [0.25, 0.3) is 5.91 Å². The van der Waals surface area contributed by atoms with Gasteiger partial charge in [0.05, 0.1) is 10.2 Å². The maximum absolute atomic E-state index is 13.8. The smallest absolute Gasteiger partial charge is 0.260 e. The molecule has 1 amide bonds. The lowest BCUT2D eigenvalue weighted by molar-refractivity contribution is 0.0983. The van der Waals surface area contributed by atoms with Crippen molar-refractivity contribution in [2.45, 2.75) is 27.7 Å². The molecule has 4 rings (SSSR count). The maximum Gasteiger partial charge on any atom is 0.260 e. The molecule has 0 radical (unpaired) electrons. The molecule has 1 heterocycles. The standard InChI is InChI=1S/C28H31N3O2S/c1-5-30(6-2)15-16-31(28-29-25-18-20(3)17-21(4)26(25)34-28)27(32)22-11-10-14-24(19-22)33-23-12-8-7-9-13-23/h7-14,17-19H,5-6,15-16H2,1-4H3. The molecule has 0 spiro atoms. The number of thiazole rings is 1. The zero-order chi connectivity index (χ0) is 24.1. The first-order valence-electron chi connectivity index (χ1n) is 11.7. The first kappa shape index (κ1) is 23.9. The number of carbonyl (C=O) groups excluding carboxylic acids is 1. The van der Waals surface area contributed by atoms with E-state index in [0.717, 1.165) is 40.7 Å². The van der Waals surface area contributed by atoms with Crippen LogP contribution in [0, 0.1) is 13.8 Å². The number of hydrogen-bond donors (Lipinski definition) is 0. The van der Waals surface area contributed by atoms with Crippen LogP contribution in [0.4, 0.5) is 5.13 Å². The van der Waals surface area contributed by atoms with Gasteiger partial charge in [-0.15, -0.1) is 0 Å². The summed E-state index contributed by atoms with van der Waals surface area (Å²) in [5.41, 5.74) is 3.89.